The number of fused-ring (bicyclic) bond motifs is 5. The molecule has 11 atom stereocenters. The molecule has 0 saturated heterocycles. The maximum atomic E-state index is 12.5. The standard InChI is InChI=1S/C36H61NO8S/c1-7-9-20-46(42,43)37-32(39)17-19-44-33(40)15-10-24(4)28-13-14-29-27-12-11-25-21-26(45-34(41)23(3)8-2)16-18-35(25,5)30(27)22-31(38)36(28,29)6/h23-31,38H,7-22H2,1-6H3,(H,37,39)/t23?,24?,25?,26?,27?,28?,29?,30?,31?,35-,36+/m0/s1. The number of hydrogen-bond acceptors (Lipinski definition) is 8. The van der Waals surface area contributed by atoms with Gasteiger partial charge in [-0.2, -0.15) is 0 Å². The van der Waals surface area contributed by atoms with Gasteiger partial charge in [0.1, 0.15) is 12.7 Å². The molecule has 0 aromatic carbocycles. The smallest absolute Gasteiger partial charge is 0.308 e. The SMILES string of the molecule is CCCCS(=O)(=O)NC(=O)CCOC(=O)CCC(C)C1CCC2C3CCC4CC(OC(=O)C(C)CC)CC[C@]4(C)C3CC(O)[C@]12C. The van der Waals surface area contributed by atoms with Crippen molar-refractivity contribution in [3.05, 3.63) is 0 Å². The fraction of sp³-hybridized carbons (Fsp3) is 0.917. The summed E-state index contributed by atoms with van der Waals surface area (Å²) < 4.78 is 37.1. The van der Waals surface area contributed by atoms with Gasteiger partial charge in [-0.1, -0.05) is 48.0 Å². The van der Waals surface area contributed by atoms with E-state index in [2.05, 4.69) is 20.8 Å². The molecular formula is C36H61NO8S. The number of amides is 1. The lowest BCUT2D eigenvalue weighted by Gasteiger charge is -2.62. The van der Waals surface area contributed by atoms with Crippen LogP contribution in [0.4, 0.5) is 0 Å². The van der Waals surface area contributed by atoms with Gasteiger partial charge < -0.3 is 14.6 Å². The quantitative estimate of drug-likeness (QED) is 0.210. The molecule has 4 aliphatic carbocycles. The Kier molecular flexibility index (Phi) is 12.3. The van der Waals surface area contributed by atoms with Gasteiger partial charge in [0, 0.05) is 6.42 Å². The van der Waals surface area contributed by atoms with E-state index in [4.69, 9.17) is 9.47 Å². The topological polar surface area (TPSA) is 136 Å². The molecule has 9 nitrogen and oxygen atoms in total. The van der Waals surface area contributed by atoms with Gasteiger partial charge in [0.15, 0.2) is 0 Å². The lowest BCUT2D eigenvalue weighted by atomic mass is 9.43. The summed E-state index contributed by atoms with van der Waals surface area (Å²) in [6.07, 6.45) is 10.5. The van der Waals surface area contributed by atoms with Crippen LogP contribution in [0.15, 0.2) is 0 Å². The van der Waals surface area contributed by atoms with Crippen molar-refractivity contribution in [1.29, 1.82) is 0 Å². The summed E-state index contributed by atoms with van der Waals surface area (Å²) in [4.78, 5) is 37.0. The van der Waals surface area contributed by atoms with Crippen molar-refractivity contribution in [2.45, 2.75) is 144 Å². The summed E-state index contributed by atoms with van der Waals surface area (Å²) >= 11 is 0. The normalized spacial score (nSPS) is 36.8. The lowest BCUT2D eigenvalue weighted by molar-refractivity contribution is -0.183. The van der Waals surface area contributed by atoms with Crippen molar-refractivity contribution in [3.8, 4) is 0 Å². The molecule has 4 saturated carbocycles. The molecule has 0 radical (unpaired) electrons. The van der Waals surface area contributed by atoms with Crippen LogP contribution in [0.3, 0.4) is 0 Å². The molecule has 46 heavy (non-hydrogen) atoms. The predicted molar refractivity (Wildman–Crippen MR) is 177 cm³/mol. The third kappa shape index (κ3) is 7.95. The van der Waals surface area contributed by atoms with Crippen molar-refractivity contribution in [1.82, 2.24) is 4.72 Å². The third-order valence-electron chi connectivity index (χ3n) is 13.2. The second-order valence-corrected chi connectivity index (χ2v) is 17.6. The molecule has 0 heterocycles. The summed E-state index contributed by atoms with van der Waals surface area (Å²) in [5.74, 6) is 1.36. The highest BCUT2D eigenvalue weighted by Gasteiger charge is 2.63. The molecule has 0 bridgehead atoms. The molecule has 9 unspecified atom stereocenters. The van der Waals surface area contributed by atoms with Crippen molar-refractivity contribution in [2.24, 2.45) is 52.3 Å². The van der Waals surface area contributed by atoms with Crippen molar-refractivity contribution < 1.29 is 37.4 Å². The number of carbonyl (C=O) groups excluding carboxylic acids is 3. The second kappa shape index (κ2) is 15.3. The van der Waals surface area contributed by atoms with Gasteiger partial charge in [-0.05, 0) is 117 Å². The molecule has 4 aliphatic rings. The number of aliphatic hydroxyl groups is 1. The molecule has 10 heteroatoms. The Hall–Kier alpha value is -1.68. The maximum absolute atomic E-state index is 12.5. The van der Waals surface area contributed by atoms with Gasteiger partial charge in [-0.3, -0.25) is 19.1 Å². The molecule has 264 valence electrons. The van der Waals surface area contributed by atoms with Gasteiger partial charge in [-0.15, -0.1) is 0 Å². The Balaban J connectivity index is 1.28. The van der Waals surface area contributed by atoms with Crippen LogP contribution >= 0.6 is 0 Å². The maximum Gasteiger partial charge on any atom is 0.308 e. The number of aliphatic hydroxyl groups excluding tert-OH is 1. The highest BCUT2D eigenvalue weighted by Crippen LogP contribution is 2.68. The number of esters is 2. The molecule has 0 aliphatic heterocycles. The Labute approximate surface area is 277 Å². The Morgan fingerprint density at radius 3 is 2.41 bits per heavy atom. The van der Waals surface area contributed by atoms with E-state index in [0.29, 0.717) is 48.9 Å². The molecule has 0 spiro atoms. The third-order valence-corrected chi connectivity index (χ3v) is 14.6. The highest BCUT2D eigenvalue weighted by atomic mass is 32.2. The first kappa shape index (κ1) is 37.1. The van der Waals surface area contributed by atoms with Crippen LogP contribution in [0.2, 0.25) is 0 Å². The highest BCUT2D eigenvalue weighted by molar-refractivity contribution is 7.90. The van der Waals surface area contributed by atoms with Crippen LogP contribution in [0.5, 0.6) is 0 Å². The van der Waals surface area contributed by atoms with Crippen LogP contribution in [-0.2, 0) is 33.9 Å². The lowest BCUT2D eigenvalue weighted by Crippen LogP contribution is -2.59. The van der Waals surface area contributed by atoms with E-state index < -0.39 is 15.9 Å². The minimum absolute atomic E-state index is 0.0159. The van der Waals surface area contributed by atoms with Gasteiger partial charge in [0.25, 0.3) is 0 Å². The van der Waals surface area contributed by atoms with Crippen LogP contribution in [0, 0.1) is 52.3 Å². The van der Waals surface area contributed by atoms with Gasteiger partial charge in [-0.25, -0.2) is 8.42 Å². The number of rotatable bonds is 14. The Morgan fingerprint density at radius 2 is 1.72 bits per heavy atom. The molecule has 2 N–H and O–H groups in total. The van der Waals surface area contributed by atoms with E-state index in [0.717, 1.165) is 51.4 Å². The Morgan fingerprint density at radius 1 is 0.978 bits per heavy atom. The van der Waals surface area contributed by atoms with Crippen molar-refractivity contribution in [3.63, 3.8) is 0 Å². The van der Waals surface area contributed by atoms with E-state index in [1.54, 1.807) is 0 Å². The zero-order valence-corrected chi connectivity index (χ0v) is 30.0. The second-order valence-electron chi connectivity index (χ2n) is 15.8. The summed E-state index contributed by atoms with van der Waals surface area (Å²) in [7, 11) is -3.65. The van der Waals surface area contributed by atoms with Gasteiger partial charge >= 0.3 is 11.9 Å². The number of nitrogens with one attached hydrogen (secondary N) is 1. The average molecular weight is 668 g/mol. The number of hydrogen-bond donors (Lipinski definition) is 2. The van der Waals surface area contributed by atoms with Crippen LogP contribution in [-0.4, -0.2) is 55.9 Å². The fourth-order valence-corrected chi connectivity index (χ4v) is 11.4. The van der Waals surface area contributed by atoms with E-state index in [-0.39, 0.29) is 72.0 Å². The molecule has 4 rings (SSSR count). The molecule has 0 aromatic heterocycles. The van der Waals surface area contributed by atoms with Crippen molar-refractivity contribution >= 4 is 27.9 Å². The summed E-state index contributed by atoms with van der Waals surface area (Å²) in [6, 6.07) is 0. The van der Waals surface area contributed by atoms with Crippen LogP contribution in [0.25, 0.3) is 0 Å². The van der Waals surface area contributed by atoms with Crippen molar-refractivity contribution in [2.75, 3.05) is 12.4 Å². The number of ether oxygens (including phenoxy) is 2. The average Bonchev–Trinajstić information content (AvgIpc) is 3.37. The summed E-state index contributed by atoms with van der Waals surface area (Å²) in [5.41, 5.74) is -0.0212. The zero-order valence-electron chi connectivity index (χ0n) is 29.2. The van der Waals surface area contributed by atoms with E-state index in [1.807, 2.05) is 25.5 Å². The molecule has 4 fully saturated rings. The van der Waals surface area contributed by atoms with Gasteiger partial charge in [0.05, 0.1) is 24.2 Å². The zero-order chi connectivity index (χ0) is 33.9. The van der Waals surface area contributed by atoms with E-state index in [1.165, 1.54) is 6.42 Å². The molecule has 1 amide bonds. The van der Waals surface area contributed by atoms with Crippen LogP contribution < -0.4 is 4.72 Å². The van der Waals surface area contributed by atoms with Crippen LogP contribution in [0.1, 0.15) is 131 Å². The number of unbranched alkanes of at least 4 members (excludes halogenated alkanes) is 1. The number of carbonyl (C=O) groups is 3. The minimum atomic E-state index is -3.65. The Bertz CT molecular complexity index is 1190. The molecular weight excluding hydrogens is 606 g/mol. The van der Waals surface area contributed by atoms with E-state index >= 15 is 0 Å². The van der Waals surface area contributed by atoms with Gasteiger partial charge in [0.2, 0.25) is 15.9 Å². The summed E-state index contributed by atoms with van der Waals surface area (Å²) in [6.45, 7) is 12.6. The first-order valence-corrected chi connectivity index (χ1v) is 19.9. The largest absolute Gasteiger partial charge is 0.465 e. The summed E-state index contributed by atoms with van der Waals surface area (Å²) in [5, 5.41) is 11.9. The first-order chi connectivity index (χ1) is 21.7. The van der Waals surface area contributed by atoms with E-state index in [9.17, 15) is 27.9 Å². The minimum Gasteiger partial charge on any atom is -0.465 e. The molecule has 0 aromatic rings. The monoisotopic (exact) mass is 667 g/mol. The number of sulfonamides is 1. The fourth-order valence-electron chi connectivity index (χ4n) is 10.2. The predicted octanol–water partition coefficient (Wildman–Crippen LogP) is 6.17. The first-order valence-electron chi connectivity index (χ1n) is 18.2.